The first-order chi connectivity index (χ1) is 10.1. The van der Waals surface area contributed by atoms with Crippen molar-refractivity contribution in [3.05, 3.63) is 35.9 Å². The molecule has 6 nitrogen and oxygen atoms in total. The maximum atomic E-state index is 11.6. The van der Waals surface area contributed by atoms with E-state index in [2.05, 4.69) is 4.74 Å². The number of hydrogen-bond donors (Lipinski definition) is 0. The molecular formula is C15H17NO5. The second-order valence-electron chi connectivity index (χ2n) is 4.83. The Kier molecular flexibility index (Phi) is 5.05. The van der Waals surface area contributed by atoms with E-state index in [9.17, 15) is 14.4 Å². The van der Waals surface area contributed by atoms with Gasteiger partial charge in [-0.25, -0.2) is 5.06 Å². The van der Waals surface area contributed by atoms with Crippen LogP contribution in [0.2, 0.25) is 0 Å². The Balaban J connectivity index is 1.81. The lowest BCUT2D eigenvalue weighted by Gasteiger charge is -2.38. The third kappa shape index (κ3) is 4.13. The summed E-state index contributed by atoms with van der Waals surface area (Å²) in [5.74, 6) is -0.975. The normalized spacial score (nSPS) is 17.3. The summed E-state index contributed by atoms with van der Waals surface area (Å²) in [7, 11) is 1.23. The van der Waals surface area contributed by atoms with E-state index in [0.29, 0.717) is 0 Å². The second-order valence-corrected chi connectivity index (χ2v) is 4.83. The highest BCUT2D eigenvalue weighted by Crippen LogP contribution is 2.24. The molecule has 0 aliphatic carbocycles. The van der Waals surface area contributed by atoms with Crippen LogP contribution in [-0.2, 0) is 30.6 Å². The number of benzene rings is 1. The fourth-order valence-corrected chi connectivity index (χ4v) is 2.08. The molecule has 0 N–H and O–H groups in total. The molecule has 112 valence electrons. The number of Topliss-reactive ketones (excluding diaryl/α,β-unsaturated/α-hetero) is 1. The van der Waals surface area contributed by atoms with Gasteiger partial charge < -0.3 is 4.74 Å². The van der Waals surface area contributed by atoms with Gasteiger partial charge in [0.25, 0.3) is 0 Å². The van der Waals surface area contributed by atoms with E-state index < -0.39 is 5.97 Å². The van der Waals surface area contributed by atoms with Crippen molar-refractivity contribution in [2.24, 2.45) is 0 Å². The van der Waals surface area contributed by atoms with E-state index in [1.165, 1.54) is 12.2 Å². The highest BCUT2D eigenvalue weighted by molar-refractivity contribution is 5.96. The fourth-order valence-electron chi connectivity index (χ4n) is 2.08. The van der Waals surface area contributed by atoms with Crippen LogP contribution in [0.3, 0.4) is 0 Å². The van der Waals surface area contributed by atoms with Crippen molar-refractivity contribution in [1.29, 1.82) is 0 Å². The van der Waals surface area contributed by atoms with Crippen LogP contribution < -0.4 is 0 Å². The van der Waals surface area contributed by atoms with E-state index in [1.54, 1.807) is 0 Å². The molecule has 1 unspecified atom stereocenters. The number of methoxy groups -OCH3 is 1. The monoisotopic (exact) mass is 291 g/mol. The zero-order valence-corrected chi connectivity index (χ0v) is 11.8. The van der Waals surface area contributed by atoms with Crippen LogP contribution in [0, 0.1) is 0 Å². The Morgan fingerprint density at radius 1 is 1.29 bits per heavy atom. The van der Waals surface area contributed by atoms with Gasteiger partial charge in [-0.3, -0.25) is 19.2 Å². The van der Waals surface area contributed by atoms with Crippen LogP contribution in [0.15, 0.2) is 30.3 Å². The molecule has 0 bridgehead atoms. The third-order valence-electron chi connectivity index (χ3n) is 3.23. The standard InChI is InChI=1S/C15H17NO5/c1-20-15(19)9-13(17)7-12-8-14(18)16(12)21-10-11-5-3-2-4-6-11/h2-6,12H,7-10H2,1H3. The topological polar surface area (TPSA) is 72.9 Å². The van der Waals surface area contributed by atoms with Crippen molar-refractivity contribution in [3.63, 3.8) is 0 Å². The molecule has 1 aromatic rings. The summed E-state index contributed by atoms with van der Waals surface area (Å²) < 4.78 is 4.44. The fraction of sp³-hybridized carbons (Fsp3) is 0.400. The smallest absolute Gasteiger partial charge is 0.313 e. The first-order valence-corrected chi connectivity index (χ1v) is 6.67. The van der Waals surface area contributed by atoms with Crippen LogP contribution in [0.5, 0.6) is 0 Å². The molecule has 0 aromatic heterocycles. The van der Waals surface area contributed by atoms with Gasteiger partial charge in [0.15, 0.2) is 0 Å². The lowest BCUT2D eigenvalue weighted by atomic mass is 9.98. The third-order valence-corrected chi connectivity index (χ3v) is 3.23. The van der Waals surface area contributed by atoms with Crippen LogP contribution in [0.1, 0.15) is 24.8 Å². The maximum Gasteiger partial charge on any atom is 0.313 e. The van der Waals surface area contributed by atoms with Crippen molar-refractivity contribution in [3.8, 4) is 0 Å². The van der Waals surface area contributed by atoms with E-state index in [1.807, 2.05) is 30.3 Å². The minimum Gasteiger partial charge on any atom is -0.469 e. The number of hydroxylamine groups is 2. The summed E-state index contributed by atoms with van der Waals surface area (Å²) in [6.07, 6.45) is 0.102. The Hall–Kier alpha value is -2.21. The molecule has 0 radical (unpaired) electrons. The molecule has 1 aliphatic heterocycles. The maximum absolute atomic E-state index is 11.6. The van der Waals surface area contributed by atoms with Crippen LogP contribution in [-0.4, -0.2) is 35.9 Å². The first kappa shape index (κ1) is 15.2. The Morgan fingerprint density at radius 2 is 2.00 bits per heavy atom. The van der Waals surface area contributed by atoms with Crippen LogP contribution in [0.25, 0.3) is 0 Å². The number of esters is 1. The number of carbonyl (C=O) groups is 3. The lowest BCUT2D eigenvalue weighted by Crippen LogP contribution is -2.53. The molecule has 1 saturated heterocycles. The molecule has 2 rings (SSSR count). The lowest BCUT2D eigenvalue weighted by molar-refractivity contribution is -0.233. The van der Waals surface area contributed by atoms with E-state index in [4.69, 9.17) is 4.84 Å². The summed E-state index contributed by atoms with van der Waals surface area (Å²) in [4.78, 5) is 39.6. The largest absolute Gasteiger partial charge is 0.469 e. The van der Waals surface area contributed by atoms with Crippen molar-refractivity contribution < 1.29 is 24.0 Å². The predicted octanol–water partition coefficient (Wildman–Crippen LogP) is 1.24. The predicted molar refractivity (Wildman–Crippen MR) is 72.7 cm³/mol. The first-order valence-electron chi connectivity index (χ1n) is 6.67. The number of carbonyl (C=O) groups excluding carboxylic acids is 3. The van der Waals surface area contributed by atoms with Crippen molar-refractivity contribution >= 4 is 17.7 Å². The minimum absolute atomic E-state index is 0.107. The average molecular weight is 291 g/mol. The van der Waals surface area contributed by atoms with Gasteiger partial charge in [-0.1, -0.05) is 30.3 Å². The number of nitrogens with zero attached hydrogens (tertiary/aromatic N) is 1. The number of amides is 1. The van der Waals surface area contributed by atoms with Gasteiger partial charge in [-0.15, -0.1) is 0 Å². The molecule has 0 spiro atoms. The highest BCUT2D eigenvalue weighted by Gasteiger charge is 2.38. The van der Waals surface area contributed by atoms with Gasteiger partial charge in [0, 0.05) is 6.42 Å². The molecule has 6 heteroatoms. The average Bonchev–Trinajstić information content (AvgIpc) is 2.47. The quantitative estimate of drug-likeness (QED) is 0.429. The Labute approximate surface area is 122 Å². The van der Waals surface area contributed by atoms with Gasteiger partial charge >= 0.3 is 5.97 Å². The molecule has 1 fully saturated rings. The zero-order valence-electron chi connectivity index (χ0n) is 11.8. The second kappa shape index (κ2) is 6.99. The van der Waals surface area contributed by atoms with Crippen molar-refractivity contribution in [1.82, 2.24) is 5.06 Å². The number of β-lactam (4-membered cyclic amide) rings is 1. The number of ketones is 1. The van der Waals surface area contributed by atoms with Gasteiger partial charge in [0.1, 0.15) is 18.8 Å². The molecule has 21 heavy (non-hydrogen) atoms. The molecule has 1 amide bonds. The Morgan fingerprint density at radius 3 is 2.62 bits per heavy atom. The molecule has 1 heterocycles. The molecular weight excluding hydrogens is 274 g/mol. The van der Waals surface area contributed by atoms with E-state index in [0.717, 1.165) is 5.56 Å². The summed E-state index contributed by atoms with van der Waals surface area (Å²) in [6, 6.07) is 9.15. The van der Waals surface area contributed by atoms with Gasteiger partial charge in [-0.2, -0.15) is 0 Å². The van der Waals surface area contributed by atoms with E-state index in [-0.39, 0.29) is 43.6 Å². The highest BCUT2D eigenvalue weighted by atomic mass is 16.7. The van der Waals surface area contributed by atoms with E-state index >= 15 is 0 Å². The van der Waals surface area contributed by atoms with Crippen molar-refractivity contribution in [2.75, 3.05) is 7.11 Å². The Bertz CT molecular complexity index is 528. The minimum atomic E-state index is -0.567. The molecule has 1 aliphatic rings. The summed E-state index contributed by atoms with van der Waals surface area (Å²) in [5.41, 5.74) is 0.942. The number of ether oxygens (including phenoxy) is 1. The SMILES string of the molecule is COC(=O)CC(=O)CC1CC(=O)N1OCc1ccccc1. The zero-order chi connectivity index (χ0) is 15.2. The van der Waals surface area contributed by atoms with Gasteiger partial charge in [0.05, 0.1) is 19.6 Å². The summed E-state index contributed by atoms with van der Waals surface area (Å²) in [6.45, 7) is 0.272. The van der Waals surface area contributed by atoms with Crippen LogP contribution in [0.4, 0.5) is 0 Å². The summed E-state index contributed by atoms with van der Waals surface area (Å²) in [5, 5.41) is 1.22. The summed E-state index contributed by atoms with van der Waals surface area (Å²) >= 11 is 0. The molecule has 0 saturated carbocycles. The van der Waals surface area contributed by atoms with Gasteiger partial charge in [0.2, 0.25) is 5.91 Å². The number of hydrogen-bond acceptors (Lipinski definition) is 5. The molecule has 1 aromatic carbocycles. The van der Waals surface area contributed by atoms with Crippen molar-refractivity contribution in [2.45, 2.75) is 31.9 Å². The number of rotatable bonds is 7. The molecule has 1 atom stereocenters. The van der Waals surface area contributed by atoms with Gasteiger partial charge in [-0.05, 0) is 5.56 Å². The van der Waals surface area contributed by atoms with Crippen LogP contribution >= 0.6 is 0 Å².